The minimum absolute atomic E-state index is 0.546. The van der Waals surface area contributed by atoms with E-state index in [1.165, 1.54) is 25.8 Å². The predicted octanol–water partition coefficient (Wildman–Crippen LogP) is 2.28. The summed E-state index contributed by atoms with van der Waals surface area (Å²) in [5.74, 6) is 1.09. The average Bonchev–Trinajstić information content (AvgIpc) is 2.68. The molecule has 1 aromatic heterocycles. The lowest BCUT2D eigenvalue weighted by Gasteiger charge is -2.32. The van der Waals surface area contributed by atoms with E-state index in [1.807, 2.05) is 6.07 Å². The first-order valence-electron chi connectivity index (χ1n) is 6.72. The normalized spacial score (nSPS) is 23.6. The molecule has 0 aromatic carbocycles. The van der Waals surface area contributed by atoms with Gasteiger partial charge in [0, 0.05) is 18.5 Å². The standard InChI is InChI=1S/C14H24N2O/c1-12(11-14-6-4-10-17-14)16(2)13-5-3-8-15-9-7-13/h4,6,10,12-13,15H,3,5,7-9,11H2,1-2H3. The predicted molar refractivity (Wildman–Crippen MR) is 70.1 cm³/mol. The van der Waals surface area contributed by atoms with Crippen LogP contribution in [0.5, 0.6) is 0 Å². The van der Waals surface area contributed by atoms with E-state index in [-0.39, 0.29) is 0 Å². The van der Waals surface area contributed by atoms with Gasteiger partial charge in [0.05, 0.1) is 6.26 Å². The fraction of sp³-hybridized carbons (Fsp3) is 0.714. The van der Waals surface area contributed by atoms with Crippen LogP contribution in [0.2, 0.25) is 0 Å². The van der Waals surface area contributed by atoms with Gasteiger partial charge < -0.3 is 14.6 Å². The Morgan fingerprint density at radius 3 is 3.12 bits per heavy atom. The molecule has 0 saturated carbocycles. The molecule has 2 rings (SSSR count). The smallest absolute Gasteiger partial charge is 0.105 e. The molecule has 3 nitrogen and oxygen atoms in total. The second-order valence-electron chi connectivity index (χ2n) is 5.13. The van der Waals surface area contributed by atoms with E-state index in [0.717, 1.165) is 24.8 Å². The first kappa shape index (κ1) is 12.7. The zero-order chi connectivity index (χ0) is 12.1. The molecular weight excluding hydrogens is 212 g/mol. The van der Waals surface area contributed by atoms with Gasteiger partial charge in [-0.3, -0.25) is 0 Å². The molecule has 1 fully saturated rings. The van der Waals surface area contributed by atoms with Crippen LogP contribution in [0.4, 0.5) is 0 Å². The summed E-state index contributed by atoms with van der Waals surface area (Å²) in [4.78, 5) is 2.52. The average molecular weight is 236 g/mol. The van der Waals surface area contributed by atoms with Crippen molar-refractivity contribution in [2.45, 2.75) is 44.7 Å². The van der Waals surface area contributed by atoms with Gasteiger partial charge in [0.1, 0.15) is 5.76 Å². The van der Waals surface area contributed by atoms with E-state index >= 15 is 0 Å². The molecule has 17 heavy (non-hydrogen) atoms. The molecule has 96 valence electrons. The van der Waals surface area contributed by atoms with Gasteiger partial charge in [0.15, 0.2) is 0 Å². The number of hydrogen-bond acceptors (Lipinski definition) is 3. The Morgan fingerprint density at radius 1 is 1.47 bits per heavy atom. The molecule has 1 N–H and O–H groups in total. The highest BCUT2D eigenvalue weighted by atomic mass is 16.3. The monoisotopic (exact) mass is 236 g/mol. The van der Waals surface area contributed by atoms with Crippen LogP contribution in [0.15, 0.2) is 22.8 Å². The summed E-state index contributed by atoms with van der Waals surface area (Å²) < 4.78 is 5.43. The van der Waals surface area contributed by atoms with Crippen molar-refractivity contribution >= 4 is 0 Å². The lowest BCUT2D eigenvalue weighted by atomic mass is 10.0. The molecule has 0 spiro atoms. The zero-order valence-corrected chi connectivity index (χ0v) is 11.0. The van der Waals surface area contributed by atoms with Crippen molar-refractivity contribution in [1.82, 2.24) is 10.2 Å². The van der Waals surface area contributed by atoms with Crippen molar-refractivity contribution in [3.63, 3.8) is 0 Å². The summed E-state index contributed by atoms with van der Waals surface area (Å²) in [5.41, 5.74) is 0. The maximum Gasteiger partial charge on any atom is 0.105 e. The second kappa shape index (κ2) is 6.22. The second-order valence-corrected chi connectivity index (χ2v) is 5.13. The summed E-state index contributed by atoms with van der Waals surface area (Å²) >= 11 is 0. The van der Waals surface area contributed by atoms with Gasteiger partial charge >= 0.3 is 0 Å². The van der Waals surface area contributed by atoms with Gasteiger partial charge in [-0.05, 0) is 58.5 Å². The van der Waals surface area contributed by atoms with Crippen LogP contribution < -0.4 is 5.32 Å². The van der Waals surface area contributed by atoms with E-state index < -0.39 is 0 Å². The third-order valence-corrected chi connectivity index (χ3v) is 3.89. The Kier molecular flexibility index (Phi) is 4.63. The van der Waals surface area contributed by atoms with Gasteiger partial charge in [0.25, 0.3) is 0 Å². The minimum Gasteiger partial charge on any atom is -0.469 e. The number of likely N-dealkylation sites (N-methyl/N-ethyl adjacent to an activating group) is 1. The van der Waals surface area contributed by atoms with Crippen molar-refractivity contribution in [2.24, 2.45) is 0 Å². The summed E-state index contributed by atoms with van der Waals surface area (Å²) in [5, 5.41) is 3.47. The van der Waals surface area contributed by atoms with Crippen molar-refractivity contribution in [1.29, 1.82) is 0 Å². The molecule has 2 atom stereocenters. The summed E-state index contributed by atoms with van der Waals surface area (Å²) in [6.07, 6.45) is 6.64. The molecule has 2 heterocycles. The maximum absolute atomic E-state index is 5.43. The Hall–Kier alpha value is -0.800. The van der Waals surface area contributed by atoms with E-state index in [9.17, 15) is 0 Å². The van der Waals surface area contributed by atoms with Crippen LogP contribution in [0.25, 0.3) is 0 Å². The van der Waals surface area contributed by atoms with Crippen molar-refractivity contribution in [2.75, 3.05) is 20.1 Å². The molecule has 0 radical (unpaired) electrons. The fourth-order valence-corrected chi connectivity index (χ4v) is 2.63. The van der Waals surface area contributed by atoms with E-state index in [1.54, 1.807) is 6.26 Å². The fourth-order valence-electron chi connectivity index (χ4n) is 2.63. The summed E-state index contributed by atoms with van der Waals surface area (Å²) in [6, 6.07) is 5.30. The van der Waals surface area contributed by atoms with Crippen LogP contribution in [0.1, 0.15) is 31.9 Å². The lowest BCUT2D eigenvalue weighted by molar-refractivity contribution is 0.165. The van der Waals surface area contributed by atoms with Crippen LogP contribution in [0.3, 0.4) is 0 Å². The molecular formula is C14H24N2O. The van der Waals surface area contributed by atoms with E-state index in [4.69, 9.17) is 4.42 Å². The van der Waals surface area contributed by atoms with Gasteiger partial charge in [0.2, 0.25) is 0 Å². The number of furan rings is 1. The SMILES string of the molecule is CC(Cc1ccco1)N(C)C1CCCNCC1. The van der Waals surface area contributed by atoms with Crippen molar-refractivity contribution in [3.05, 3.63) is 24.2 Å². The highest BCUT2D eigenvalue weighted by Crippen LogP contribution is 2.17. The van der Waals surface area contributed by atoms with Crippen LogP contribution >= 0.6 is 0 Å². The first-order chi connectivity index (χ1) is 8.27. The topological polar surface area (TPSA) is 28.4 Å². The number of hydrogen-bond donors (Lipinski definition) is 1. The molecule has 3 heteroatoms. The molecule has 1 aliphatic rings. The third-order valence-electron chi connectivity index (χ3n) is 3.89. The number of rotatable bonds is 4. The van der Waals surface area contributed by atoms with Gasteiger partial charge in [-0.2, -0.15) is 0 Å². The number of nitrogens with zero attached hydrogens (tertiary/aromatic N) is 1. The van der Waals surface area contributed by atoms with Gasteiger partial charge in [-0.25, -0.2) is 0 Å². The maximum atomic E-state index is 5.43. The summed E-state index contributed by atoms with van der Waals surface area (Å²) in [7, 11) is 2.25. The quantitative estimate of drug-likeness (QED) is 0.869. The van der Waals surface area contributed by atoms with Gasteiger partial charge in [-0.15, -0.1) is 0 Å². The largest absolute Gasteiger partial charge is 0.469 e. The zero-order valence-electron chi connectivity index (χ0n) is 11.0. The Bertz CT molecular complexity index is 302. The Balaban J connectivity index is 1.86. The minimum atomic E-state index is 0.546. The molecule has 0 amide bonds. The highest BCUT2D eigenvalue weighted by molar-refractivity contribution is 5.00. The first-order valence-corrected chi connectivity index (χ1v) is 6.72. The molecule has 0 bridgehead atoms. The third kappa shape index (κ3) is 3.58. The van der Waals surface area contributed by atoms with Crippen LogP contribution in [0, 0.1) is 0 Å². The van der Waals surface area contributed by atoms with Crippen molar-refractivity contribution < 1.29 is 4.42 Å². The van der Waals surface area contributed by atoms with E-state index in [2.05, 4.69) is 30.3 Å². The molecule has 2 unspecified atom stereocenters. The Morgan fingerprint density at radius 2 is 2.35 bits per heavy atom. The highest BCUT2D eigenvalue weighted by Gasteiger charge is 2.21. The molecule has 1 aromatic rings. The lowest BCUT2D eigenvalue weighted by Crippen LogP contribution is -2.40. The Labute approximate surface area is 104 Å². The van der Waals surface area contributed by atoms with Crippen molar-refractivity contribution in [3.8, 4) is 0 Å². The van der Waals surface area contributed by atoms with E-state index in [0.29, 0.717) is 6.04 Å². The molecule has 0 aliphatic carbocycles. The molecule has 1 aliphatic heterocycles. The van der Waals surface area contributed by atoms with Crippen LogP contribution in [-0.4, -0.2) is 37.1 Å². The number of nitrogens with one attached hydrogen (secondary N) is 1. The van der Waals surface area contributed by atoms with Gasteiger partial charge in [-0.1, -0.05) is 0 Å². The molecule has 1 saturated heterocycles. The summed E-state index contributed by atoms with van der Waals surface area (Å²) in [6.45, 7) is 4.63. The van der Waals surface area contributed by atoms with Crippen LogP contribution in [-0.2, 0) is 6.42 Å².